The van der Waals surface area contributed by atoms with Gasteiger partial charge in [-0.2, -0.15) is 0 Å². The number of rotatable bonds is 4. The highest BCUT2D eigenvalue weighted by Gasteiger charge is 2.36. The van der Waals surface area contributed by atoms with Crippen LogP contribution < -0.4 is 5.73 Å². The third-order valence-corrected chi connectivity index (χ3v) is 4.78. The zero-order chi connectivity index (χ0) is 13.9. The van der Waals surface area contributed by atoms with Crippen molar-refractivity contribution >= 4 is 0 Å². The van der Waals surface area contributed by atoms with E-state index in [1.165, 1.54) is 44.2 Å². The highest BCUT2D eigenvalue weighted by Crippen LogP contribution is 2.39. The average molecular weight is 263 g/mol. The zero-order valence-electron chi connectivity index (χ0n) is 12.2. The first-order valence-corrected chi connectivity index (χ1v) is 7.56. The Balaban J connectivity index is 2.09. The minimum Gasteiger partial charge on any atom is -0.325 e. The van der Waals surface area contributed by atoms with Gasteiger partial charge in [-0.25, -0.2) is 4.39 Å². The molecule has 19 heavy (non-hydrogen) atoms. The van der Waals surface area contributed by atoms with Crippen LogP contribution in [0.2, 0.25) is 0 Å². The summed E-state index contributed by atoms with van der Waals surface area (Å²) in [6.45, 7) is 4.45. The lowest BCUT2D eigenvalue weighted by molar-refractivity contribution is 0.138. The lowest BCUT2D eigenvalue weighted by atomic mass is 9.67. The van der Waals surface area contributed by atoms with Crippen molar-refractivity contribution < 1.29 is 4.39 Å². The van der Waals surface area contributed by atoms with E-state index < -0.39 is 0 Å². The lowest BCUT2D eigenvalue weighted by Crippen LogP contribution is -2.50. The van der Waals surface area contributed by atoms with Gasteiger partial charge in [0, 0.05) is 5.54 Å². The van der Waals surface area contributed by atoms with Gasteiger partial charge in [0.1, 0.15) is 5.82 Å². The summed E-state index contributed by atoms with van der Waals surface area (Å²) in [6, 6.07) is 6.79. The molecule has 2 heteroatoms. The summed E-state index contributed by atoms with van der Waals surface area (Å²) in [4.78, 5) is 0. The molecule has 0 spiro atoms. The molecule has 0 heterocycles. The summed E-state index contributed by atoms with van der Waals surface area (Å²) in [7, 11) is 0. The maximum absolute atomic E-state index is 13.0. The second kappa shape index (κ2) is 6.04. The second-order valence-corrected chi connectivity index (χ2v) is 6.37. The molecule has 0 saturated heterocycles. The molecule has 106 valence electrons. The standard InChI is InChI=1S/C17H26FN/c1-3-14-6-4-5-7-16(14)17(2,19)12-13-8-10-15(18)11-9-13/h8-11,14,16H,3-7,12,19H2,1-2H3. The van der Waals surface area contributed by atoms with Crippen molar-refractivity contribution in [2.45, 2.75) is 57.9 Å². The Labute approximate surface area is 116 Å². The van der Waals surface area contributed by atoms with Gasteiger partial charge in [0.15, 0.2) is 0 Å². The fraction of sp³-hybridized carbons (Fsp3) is 0.647. The quantitative estimate of drug-likeness (QED) is 0.861. The van der Waals surface area contributed by atoms with Gasteiger partial charge >= 0.3 is 0 Å². The Kier molecular flexibility index (Phi) is 4.62. The smallest absolute Gasteiger partial charge is 0.123 e. The molecule has 0 radical (unpaired) electrons. The predicted octanol–water partition coefficient (Wildman–Crippen LogP) is 4.30. The maximum atomic E-state index is 13.0. The normalized spacial score (nSPS) is 26.9. The highest BCUT2D eigenvalue weighted by atomic mass is 19.1. The van der Waals surface area contributed by atoms with E-state index in [1.807, 2.05) is 12.1 Å². The molecule has 1 aromatic rings. The van der Waals surface area contributed by atoms with Gasteiger partial charge in [-0.3, -0.25) is 0 Å². The highest BCUT2D eigenvalue weighted by molar-refractivity contribution is 5.19. The summed E-state index contributed by atoms with van der Waals surface area (Å²) >= 11 is 0. The summed E-state index contributed by atoms with van der Waals surface area (Å²) in [5, 5.41) is 0. The van der Waals surface area contributed by atoms with E-state index in [4.69, 9.17) is 5.73 Å². The van der Waals surface area contributed by atoms with Gasteiger partial charge in [0.05, 0.1) is 0 Å². The molecule has 1 saturated carbocycles. The molecule has 3 atom stereocenters. The minimum absolute atomic E-state index is 0.174. The van der Waals surface area contributed by atoms with Gasteiger partial charge in [0.25, 0.3) is 0 Å². The zero-order valence-corrected chi connectivity index (χ0v) is 12.2. The van der Waals surface area contributed by atoms with Crippen LogP contribution in [0.4, 0.5) is 4.39 Å². The minimum atomic E-state index is -0.182. The van der Waals surface area contributed by atoms with Crippen LogP contribution >= 0.6 is 0 Å². The third kappa shape index (κ3) is 3.56. The van der Waals surface area contributed by atoms with Crippen molar-refractivity contribution in [2.75, 3.05) is 0 Å². The van der Waals surface area contributed by atoms with Crippen molar-refractivity contribution in [1.82, 2.24) is 0 Å². The molecule has 2 rings (SSSR count). The van der Waals surface area contributed by atoms with Gasteiger partial charge in [0.2, 0.25) is 0 Å². The molecule has 1 aliphatic carbocycles. The van der Waals surface area contributed by atoms with Crippen molar-refractivity contribution in [1.29, 1.82) is 0 Å². The molecule has 1 nitrogen and oxygen atoms in total. The number of nitrogens with two attached hydrogens (primary N) is 1. The first-order chi connectivity index (χ1) is 9.03. The van der Waals surface area contributed by atoms with Crippen molar-refractivity contribution in [3.05, 3.63) is 35.6 Å². The maximum Gasteiger partial charge on any atom is 0.123 e. The molecule has 1 fully saturated rings. The first kappa shape index (κ1) is 14.5. The van der Waals surface area contributed by atoms with Gasteiger partial charge in [-0.05, 0) is 49.3 Å². The summed E-state index contributed by atoms with van der Waals surface area (Å²) in [6.07, 6.45) is 7.28. The van der Waals surface area contributed by atoms with E-state index in [9.17, 15) is 4.39 Å². The monoisotopic (exact) mass is 263 g/mol. The van der Waals surface area contributed by atoms with E-state index in [2.05, 4.69) is 13.8 Å². The number of hydrogen-bond acceptors (Lipinski definition) is 1. The Bertz CT molecular complexity index is 396. The van der Waals surface area contributed by atoms with Crippen LogP contribution in [-0.4, -0.2) is 5.54 Å². The van der Waals surface area contributed by atoms with Crippen LogP contribution in [0.25, 0.3) is 0 Å². The SMILES string of the molecule is CCC1CCCCC1C(C)(N)Cc1ccc(F)cc1. The van der Waals surface area contributed by atoms with E-state index >= 15 is 0 Å². The van der Waals surface area contributed by atoms with Crippen LogP contribution in [0.1, 0.15) is 51.5 Å². The summed E-state index contributed by atoms with van der Waals surface area (Å²) < 4.78 is 13.0. The fourth-order valence-corrected chi connectivity index (χ4v) is 3.74. The lowest BCUT2D eigenvalue weighted by Gasteiger charge is -2.42. The van der Waals surface area contributed by atoms with E-state index in [-0.39, 0.29) is 11.4 Å². The van der Waals surface area contributed by atoms with Crippen molar-refractivity contribution in [2.24, 2.45) is 17.6 Å². The molecule has 0 aromatic heterocycles. The molecule has 0 bridgehead atoms. The number of hydrogen-bond donors (Lipinski definition) is 1. The van der Waals surface area contributed by atoms with Crippen LogP contribution in [0.5, 0.6) is 0 Å². The van der Waals surface area contributed by atoms with Crippen LogP contribution in [-0.2, 0) is 6.42 Å². The van der Waals surface area contributed by atoms with Gasteiger partial charge in [-0.1, -0.05) is 44.7 Å². The van der Waals surface area contributed by atoms with E-state index in [1.54, 1.807) is 0 Å². The summed E-state index contributed by atoms with van der Waals surface area (Å²) in [5.41, 5.74) is 7.60. The topological polar surface area (TPSA) is 26.0 Å². The van der Waals surface area contributed by atoms with Crippen molar-refractivity contribution in [3.63, 3.8) is 0 Å². The van der Waals surface area contributed by atoms with Crippen LogP contribution in [0.3, 0.4) is 0 Å². The largest absolute Gasteiger partial charge is 0.325 e. The van der Waals surface area contributed by atoms with E-state index in [0.717, 1.165) is 17.9 Å². The first-order valence-electron chi connectivity index (χ1n) is 7.56. The Morgan fingerprint density at radius 2 is 1.84 bits per heavy atom. The summed E-state index contributed by atoms with van der Waals surface area (Å²) in [5.74, 6) is 1.17. The molecular weight excluding hydrogens is 237 g/mol. The molecule has 0 aliphatic heterocycles. The average Bonchev–Trinajstić information content (AvgIpc) is 2.41. The molecule has 0 amide bonds. The second-order valence-electron chi connectivity index (χ2n) is 6.37. The molecule has 3 unspecified atom stereocenters. The van der Waals surface area contributed by atoms with Crippen molar-refractivity contribution in [3.8, 4) is 0 Å². The Morgan fingerprint density at radius 3 is 2.47 bits per heavy atom. The van der Waals surface area contributed by atoms with Crippen LogP contribution in [0, 0.1) is 17.7 Å². The number of halogens is 1. The fourth-order valence-electron chi connectivity index (χ4n) is 3.74. The Morgan fingerprint density at radius 1 is 1.21 bits per heavy atom. The molecule has 1 aliphatic rings. The predicted molar refractivity (Wildman–Crippen MR) is 78.4 cm³/mol. The van der Waals surface area contributed by atoms with Gasteiger partial charge in [-0.15, -0.1) is 0 Å². The van der Waals surface area contributed by atoms with Gasteiger partial charge < -0.3 is 5.73 Å². The number of benzene rings is 1. The van der Waals surface area contributed by atoms with Crippen LogP contribution in [0.15, 0.2) is 24.3 Å². The third-order valence-electron chi connectivity index (χ3n) is 4.78. The molecule has 1 aromatic carbocycles. The Hall–Kier alpha value is -0.890. The van der Waals surface area contributed by atoms with E-state index in [0.29, 0.717) is 5.92 Å². The molecule has 2 N–H and O–H groups in total. The molecular formula is C17H26FN.